The van der Waals surface area contributed by atoms with E-state index >= 15 is 0 Å². The van der Waals surface area contributed by atoms with Gasteiger partial charge in [-0.1, -0.05) is 11.6 Å². The summed E-state index contributed by atoms with van der Waals surface area (Å²) in [5.74, 6) is -1.13. The normalized spacial score (nSPS) is 10.3. The lowest BCUT2D eigenvalue weighted by atomic mass is 10.2. The lowest BCUT2D eigenvalue weighted by Gasteiger charge is -2.18. The van der Waals surface area contributed by atoms with Gasteiger partial charge in [0.2, 0.25) is 5.91 Å². The van der Waals surface area contributed by atoms with Gasteiger partial charge in [0, 0.05) is 6.08 Å². The number of rotatable bonds is 8. The van der Waals surface area contributed by atoms with Gasteiger partial charge in [0.15, 0.2) is 11.5 Å². The molecule has 8 nitrogen and oxygen atoms in total. The molecule has 0 saturated heterocycles. The molecule has 9 heteroatoms. The van der Waals surface area contributed by atoms with Crippen LogP contribution in [0.5, 0.6) is 11.5 Å². The number of hydrogen-bond donors (Lipinski definition) is 0. The number of carbonyl (C=O) groups excluding carboxylic acids is 3. The highest BCUT2D eigenvalue weighted by atomic mass is 35.5. The molecule has 0 N–H and O–H groups in total. The number of methoxy groups -OCH3 is 4. The summed E-state index contributed by atoms with van der Waals surface area (Å²) in [5, 5.41) is 0.305. The summed E-state index contributed by atoms with van der Waals surface area (Å²) in [6.45, 7) is -0.775. The van der Waals surface area contributed by atoms with Crippen molar-refractivity contribution >= 4 is 35.5 Å². The maximum Gasteiger partial charge on any atom is 0.325 e. The molecule has 1 aromatic rings. The van der Waals surface area contributed by atoms with Gasteiger partial charge in [-0.05, 0) is 23.8 Å². The van der Waals surface area contributed by atoms with Gasteiger partial charge < -0.3 is 23.8 Å². The smallest absolute Gasteiger partial charge is 0.325 e. The third-order valence-electron chi connectivity index (χ3n) is 3.28. The number of carbonyl (C=O) groups is 3. The molecule has 0 heterocycles. The van der Waals surface area contributed by atoms with Crippen molar-refractivity contribution in [1.29, 1.82) is 0 Å². The molecular formula is C17H20ClNO7. The first-order chi connectivity index (χ1) is 12.4. The van der Waals surface area contributed by atoms with E-state index in [1.54, 1.807) is 12.1 Å². The van der Waals surface area contributed by atoms with Crippen LogP contribution in [0.2, 0.25) is 5.02 Å². The second-order valence-corrected chi connectivity index (χ2v) is 5.33. The Balaban J connectivity index is 3.01. The summed E-state index contributed by atoms with van der Waals surface area (Å²) >= 11 is 6.11. The molecule has 0 atom stereocenters. The van der Waals surface area contributed by atoms with E-state index in [-0.39, 0.29) is 13.1 Å². The van der Waals surface area contributed by atoms with E-state index in [1.807, 2.05) is 0 Å². The Morgan fingerprint density at radius 1 is 1.00 bits per heavy atom. The van der Waals surface area contributed by atoms with E-state index < -0.39 is 17.8 Å². The molecule has 0 radical (unpaired) electrons. The van der Waals surface area contributed by atoms with E-state index in [0.717, 1.165) is 4.90 Å². The highest BCUT2D eigenvalue weighted by molar-refractivity contribution is 6.32. The SMILES string of the molecule is COC(=O)CN(CC(=O)OC)C(=O)C=Cc1cc(Cl)c(OC)c(OC)c1. The van der Waals surface area contributed by atoms with Crippen LogP contribution in [0.3, 0.4) is 0 Å². The molecule has 1 aromatic carbocycles. The van der Waals surface area contributed by atoms with E-state index in [2.05, 4.69) is 9.47 Å². The van der Waals surface area contributed by atoms with Crippen molar-refractivity contribution in [3.8, 4) is 11.5 Å². The Bertz CT molecular complexity index is 685. The fraction of sp³-hybridized carbons (Fsp3) is 0.353. The Morgan fingerprint density at radius 2 is 1.58 bits per heavy atom. The van der Waals surface area contributed by atoms with Gasteiger partial charge in [-0.25, -0.2) is 0 Å². The van der Waals surface area contributed by atoms with Crippen molar-refractivity contribution in [2.45, 2.75) is 0 Å². The van der Waals surface area contributed by atoms with Crippen LogP contribution >= 0.6 is 11.6 Å². The molecule has 0 aromatic heterocycles. The fourth-order valence-electron chi connectivity index (χ4n) is 1.96. The minimum atomic E-state index is -0.662. The summed E-state index contributed by atoms with van der Waals surface area (Å²) in [6, 6.07) is 3.21. The van der Waals surface area contributed by atoms with Crippen molar-refractivity contribution in [1.82, 2.24) is 4.90 Å². The van der Waals surface area contributed by atoms with Gasteiger partial charge in [0.25, 0.3) is 0 Å². The molecule has 0 unspecified atom stereocenters. The monoisotopic (exact) mass is 385 g/mol. The maximum atomic E-state index is 12.3. The van der Waals surface area contributed by atoms with Gasteiger partial charge in [0.1, 0.15) is 13.1 Å². The van der Waals surface area contributed by atoms with Crippen LogP contribution in [0, 0.1) is 0 Å². The summed E-state index contributed by atoms with van der Waals surface area (Å²) < 4.78 is 19.4. The predicted molar refractivity (Wildman–Crippen MR) is 94.2 cm³/mol. The van der Waals surface area contributed by atoms with Gasteiger partial charge in [-0.2, -0.15) is 0 Å². The first kappa shape index (κ1) is 21.3. The molecule has 0 aliphatic heterocycles. The van der Waals surface area contributed by atoms with Crippen LogP contribution in [-0.4, -0.2) is 64.3 Å². The molecule has 1 rings (SSSR count). The van der Waals surface area contributed by atoms with Crippen LogP contribution < -0.4 is 9.47 Å². The zero-order chi connectivity index (χ0) is 19.7. The van der Waals surface area contributed by atoms with Crippen LogP contribution in [-0.2, 0) is 23.9 Å². The van der Waals surface area contributed by atoms with E-state index in [1.165, 1.54) is 40.6 Å². The summed E-state index contributed by atoms with van der Waals surface area (Å²) in [7, 11) is 5.29. The van der Waals surface area contributed by atoms with Crippen molar-refractivity contribution in [2.24, 2.45) is 0 Å². The topological polar surface area (TPSA) is 91.4 Å². The first-order valence-corrected chi connectivity index (χ1v) is 7.76. The number of esters is 2. The van der Waals surface area contributed by atoms with Gasteiger partial charge >= 0.3 is 11.9 Å². The maximum absolute atomic E-state index is 12.3. The minimum absolute atomic E-state index is 0.305. The quantitative estimate of drug-likeness (QED) is 0.495. The zero-order valence-corrected chi connectivity index (χ0v) is 15.7. The molecule has 0 aliphatic rings. The second-order valence-electron chi connectivity index (χ2n) is 4.92. The van der Waals surface area contributed by atoms with E-state index in [9.17, 15) is 14.4 Å². The molecule has 0 fully saturated rings. The standard InChI is InChI=1S/C17H20ClNO7/c1-23-13-8-11(7-12(18)17(13)26-4)5-6-14(20)19(9-15(21)24-2)10-16(22)25-3/h5-8H,9-10H2,1-4H3. The second kappa shape index (κ2) is 10.3. The van der Waals surface area contributed by atoms with Crippen LogP contribution in [0.4, 0.5) is 0 Å². The number of benzene rings is 1. The highest BCUT2D eigenvalue weighted by Crippen LogP contribution is 2.36. The van der Waals surface area contributed by atoms with Gasteiger partial charge in [-0.3, -0.25) is 14.4 Å². The average molecular weight is 386 g/mol. The summed E-state index contributed by atoms with van der Waals surface area (Å²) in [6.07, 6.45) is 2.67. The number of nitrogens with zero attached hydrogens (tertiary/aromatic N) is 1. The number of amides is 1. The minimum Gasteiger partial charge on any atom is -0.493 e. The summed E-state index contributed by atoms with van der Waals surface area (Å²) in [5.41, 5.74) is 0.567. The Kier molecular flexibility index (Phi) is 8.44. The summed E-state index contributed by atoms with van der Waals surface area (Å²) in [4.78, 5) is 36.2. The molecule has 1 amide bonds. The van der Waals surface area contributed by atoms with Crippen LogP contribution in [0.1, 0.15) is 5.56 Å². The molecule has 0 bridgehead atoms. The number of ether oxygens (including phenoxy) is 4. The molecular weight excluding hydrogens is 366 g/mol. The average Bonchev–Trinajstić information content (AvgIpc) is 2.64. The first-order valence-electron chi connectivity index (χ1n) is 7.38. The van der Waals surface area contributed by atoms with Crippen LogP contribution in [0.15, 0.2) is 18.2 Å². The van der Waals surface area contributed by atoms with Crippen molar-refractivity contribution in [3.05, 3.63) is 28.8 Å². The van der Waals surface area contributed by atoms with Gasteiger partial charge in [0.05, 0.1) is 33.5 Å². The van der Waals surface area contributed by atoms with Gasteiger partial charge in [-0.15, -0.1) is 0 Å². The van der Waals surface area contributed by atoms with Crippen LogP contribution in [0.25, 0.3) is 6.08 Å². The molecule has 26 heavy (non-hydrogen) atoms. The fourth-order valence-corrected chi connectivity index (χ4v) is 2.26. The van der Waals surface area contributed by atoms with E-state index in [4.69, 9.17) is 21.1 Å². The zero-order valence-electron chi connectivity index (χ0n) is 14.9. The Labute approximate surface area is 156 Å². The Hall–Kier alpha value is -2.74. The molecule has 0 aliphatic carbocycles. The van der Waals surface area contributed by atoms with Crippen molar-refractivity contribution in [2.75, 3.05) is 41.5 Å². The number of hydrogen-bond acceptors (Lipinski definition) is 7. The molecule has 0 saturated carbocycles. The largest absolute Gasteiger partial charge is 0.493 e. The van der Waals surface area contributed by atoms with Crippen molar-refractivity contribution < 1.29 is 33.3 Å². The number of halogens is 1. The predicted octanol–water partition coefficient (Wildman–Crippen LogP) is 1.54. The third-order valence-corrected chi connectivity index (χ3v) is 3.56. The van der Waals surface area contributed by atoms with E-state index in [0.29, 0.717) is 22.1 Å². The Morgan fingerprint density at radius 3 is 2.04 bits per heavy atom. The van der Waals surface area contributed by atoms with Crippen molar-refractivity contribution in [3.63, 3.8) is 0 Å². The highest BCUT2D eigenvalue weighted by Gasteiger charge is 2.19. The molecule has 142 valence electrons. The molecule has 0 spiro atoms. The lowest BCUT2D eigenvalue weighted by molar-refractivity contribution is -0.150. The third kappa shape index (κ3) is 5.96. The lowest BCUT2D eigenvalue weighted by Crippen LogP contribution is -2.39.